The molecule has 3 nitrogen and oxygen atoms in total. The molecule has 1 amide bonds. The average molecular weight is 370 g/mol. The van der Waals surface area contributed by atoms with E-state index in [0.717, 1.165) is 36.4 Å². The Morgan fingerprint density at radius 3 is 1.93 bits per heavy atom. The number of carbonyl (C=O) groups excluding carboxylic acids is 1. The number of benzene rings is 3. The summed E-state index contributed by atoms with van der Waals surface area (Å²) in [5, 5.41) is 3.22. The van der Waals surface area contributed by atoms with Crippen molar-refractivity contribution >= 4 is 11.6 Å². The second-order valence-electron chi connectivity index (χ2n) is 7.38. The maximum absolute atomic E-state index is 13.4. The first-order valence-electron chi connectivity index (χ1n) is 10.0. The predicted octanol–water partition coefficient (Wildman–Crippen LogP) is 5.05. The number of amides is 1. The summed E-state index contributed by atoms with van der Waals surface area (Å²) in [5.41, 5.74) is 4.10. The summed E-state index contributed by atoms with van der Waals surface area (Å²) < 4.78 is 0. The lowest BCUT2D eigenvalue weighted by atomic mass is 9.90. The Balaban J connectivity index is 1.60. The highest BCUT2D eigenvalue weighted by atomic mass is 16.1. The van der Waals surface area contributed by atoms with Crippen LogP contribution in [0.5, 0.6) is 0 Å². The van der Waals surface area contributed by atoms with Crippen LogP contribution in [0.15, 0.2) is 84.9 Å². The highest BCUT2D eigenvalue weighted by Gasteiger charge is 2.23. The lowest BCUT2D eigenvalue weighted by molar-refractivity contribution is -0.116. The Morgan fingerprint density at radius 1 is 0.786 bits per heavy atom. The molecule has 0 unspecified atom stereocenters. The first-order chi connectivity index (χ1) is 13.8. The molecule has 0 atom stereocenters. The van der Waals surface area contributed by atoms with Gasteiger partial charge in [0.15, 0.2) is 0 Å². The topological polar surface area (TPSA) is 32.3 Å². The van der Waals surface area contributed by atoms with Gasteiger partial charge in [-0.05, 0) is 48.7 Å². The van der Waals surface area contributed by atoms with Crippen molar-refractivity contribution in [1.82, 2.24) is 4.90 Å². The minimum Gasteiger partial charge on any atom is -0.325 e. The van der Waals surface area contributed by atoms with Crippen molar-refractivity contribution in [2.24, 2.45) is 0 Å². The number of hydrogen-bond donors (Lipinski definition) is 1. The highest BCUT2D eigenvalue weighted by Crippen LogP contribution is 2.27. The van der Waals surface area contributed by atoms with Crippen LogP contribution in [0.1, 0.15) is 35.4 Å². The Kier molecular flexibility index (Phi) is 5.83. The number of hydrogen-bond acceptors (Lipinski definition) is 2. The van der Waals surface area contributed by atoms with E-state index in [4.69, 9.17) is 0 Å². The fraction of sp³-hybridized carbons (Fsp3) is 0.240. The first-order valence-corrected chi connectivity index (χ1v) is 10.0. The lowest BCUT2D eigenvalue weighted by Crippen LogP contribution is -2.24. The van der Waals surface area contributed by atoms with Gasteiger partial charge in [-0.25, -0.2) is 0 Å². The number of para-hydroxylation sites is 1. The lowest BCUT2D eigenvalue weighted by Gasteiger charge is -2.21. The van der Waals surface area contributed by atoms with E-state index in [0.29, 0.717) is 0 Å². The summed E-state index contributed by atoms with van der Waals surface area (Å²) in [6.07, 6.45) is 2.53. The number of nitrogens with zero attached hydrogens (tertiary/aromatic N) is 1. The molecule has 0 spiro atoms. The Hall–Kier alpha value is -2.91. The van der Waals surface area contributed by atoms with Crippen LogP contribution in [0.25, 0.3) is 0 Å². The molecule has 1 heterocycles. The summed E-state index contributed by atoms with van der Waals surface area (Å²) in [5.74, 6) is -0.325. The molecule has 4 rings (SSSR count). The van der Waals surface area contributed by atoms with E-state index in [1.165, 1.54) is 18.4 Å². The molecular formula is C25H26N2O. The molecule has 1 saturated heterocycles. The fourth-order valence-electron chi connectivity index (χ4n) is 3.95. The minimum atomic E-state index is -0.331. The Bertz CT molecular complexity index is 863. The van der Waals surface area contributed by atoms with Gasteiger partial charge in [-0.3, -0.25) is 9.69 Å². The zero-order chi connectivity index (χ0) is 19.2. The minimum absolute atomic E-state index is 0.00581. The van der Waals surface area contributed by atoms with Gasteiger partial charge in [-0.15, -0.1) is 0 Å². The van der Waals surface area contributed by atoms with E-state index in [1.54, 1.807) is 0 Å². The van der Waals surface area contributed by atoms with E-state index in [-0.39, 0.29) is 11.8 Å². The quantitative estimate of drug-likeness (QED) is 0.658. The van der Waals surface area contributed by atoms with Crippen molar-refractivity contribution in [2.75, 3.05) is 18.4 Å². The number of rotatable bonds is 6. The number of anilines is 1. The van der Waals surface area contributed by atoms with Gasteiger partial charge in [-0.2, -0.15) is 0 Å². The number of carbonyl (C=O) groups is 1. The SMILES string of the molecule is O=C(Nc1ccccc1CN1CCCC1)C(c1ccccc1)c1ccccc1. The second-order valence-corrected chi connectivity index (χ2v) is 7.38. The smallest absolute Gasteiger partial charge is 0.236 e. The molecule has 1 aliphatic rings. The molecule has 0 aromatic heterocycles. The zero-order valence-electron chi connectivity index (χ0n) is 16.1. The van der Waals surface area contributed by atoms with Crippen molar-refractivity contribution in [3.05, 3.63) is 102 Å². The standard InChI is InChI=1S/C25H26N2O/c28-25(24(20-11-3-1-4-12-20)21-13-5-2-6-14-21)26-23-16-8-7-15-22(23)19-27-17-9-10-18-27/h1-8,11-16,24H,9-10,17-19H2,(H,26,28). The molecular weight excluding hydrogens is 344 g/mol. The van der Waals surface area contributed by atoms with Crippen LogP contribution >= 0.6 is 0 Å². The molecule has 1 fully saturated rings. The molecule has 3 aromatic rings. The van der Waals surface area contributed by atoms with Crippen LogP contribution in [0.3, 0.4) is 0 Å². The van der Waals surface area contributed by atoms with Crippen LogP contribution in [-0.2, 0) is 11.3 Å². The third-order valence-electron chi connectivity index (χ3n) is 5.40. The highest BCUT2D eigenvalue weighted by molar-refractivity contribution is 5.98. The van der Waals surface area contributed by atoms with Gasteiger partial charge in [0.25, 0.3) is 0 Å². The van der Waals surface area contributed by atoms with Gasteiger partial charge < -0.3 is 5.32 Å². The maximum Gasteiger partial charge on any atom is 0.236 e. The van der Waals surface area contributed by atoms with Crippen molar-refractivity contribution in [3.8, 4) is 0 Å². The van der Waals surface area contributed by atoms with Crippen molar-refractivity contribution < 1.29 is 4.79 Å². The largest absolute Gasteiger partial charge is 0.325 e. The van der Waals surface area contributed by atoms with Crippen molar-refractivity contribution in [1.29, 1.82) is 0 Å². The maximum atomic E-state index is 13.4. The van der Waals surface area contributed by atoms with Crippen LogP contribution in [0, 0.1) is 0 Å². The molecule has 0 aliphatic carbocycles. The van der Waals surface area contributed by atoms with Crippen molar-refractivity contribution in [2.45, 2.75) is 25.3 Å². The van der Waals surface area contributed by atoms with Gasteiger partial charge in [0.2, 0.25) is 5.91 Å². The van der Waals surface area contributed by atoms with E-state index < -0.39 is 0 Å². The van der Waals surface area contributed by atoms with E-state index in [2.05, 4.69) is 16.3 Å². The summed E-state index contributed by atoms with van der Waals surface area (Å²) >= 11 is 0. The predicted molar refractivity (Wildman–Crippen MR) is 114 cm³/mol. The Labute approximate surface area is 167 Å². The molecule has 142 valence electrons. The molecule has 0 radical (unpaired) electrons. The number of nitrogens with one attached hydrogen (secondary N) is 1. The van der Waals surface area contributed by atoms with E-state index in [1.807, 2.05) is 78.9 Å². The molecule has 3 heteroatoms. The van der Waals surface area contributed by atoms with Crippen LogP contribution < -0.4 is 5.32 Å². The summed E-state index contributed by atoms with van der Waals surface area (Å²) in [6.45, 7) is 3.16. The van der Waals surface area contributed by atoms with Gasteiger partial charge in [0, 0.05) is 12.2 Å². The Morgan fingerprint density at radius 2 is 1.32 bits per heavy atom. The average Bonchev–Trinajstić information content (AvgIpc) is 3.24. The molecule has 28 heavy (non-hydrogen) atoms. The van der Waals surface area contributed by atoms with Crippen molar-refractivity contribution in [3.63, 3.8) is 0 Å². The van der Waals surface area contributed by atoms with E-state index in [9.17, 15) is 4.79 Å². The van der Waals surface area contributed by atoms with Crippen LogP contribution in [0.4, 0.5) is 5.69 Å². The first kappa shape index (κ1) is 18.5. The van der Waals surface area contributed by atoms with Gasteiger partial charge >= 0.3 is 0 Å². The summed E-state index contributed by atoms with van der Waals surface area (Å²) in [6, 6.07) is 28.2. The zero-order valence-corrected chi connectivity index (χ0v) is 16.1. The number of likely N-dealkylation sites (tertiary alicyclic amines) is 1. The second kappa shape index (κ2) is 8.85. The molecule has 0 saturated carbocycles. The van der Waals surface area contributed by atoms with Crippen LogP contribution in [0.2, 0.25) is 0 Å². The third-order valence-corrected chi connectivity index (χ3v) is 5.40. The van der Waals surface area contributed by atoms with Gasteiger partial charge in [-0.1, -0.05) is 78.9 Å². The van der Waals surface area contributed by atoms with Crippen LogP contribution in [-0.4, -0.2) is 23.9 Å². The summed E-state index contributed by atoms with van der Waals surface area (Å²) in [4.78, 5) is 15.8. The summed E-state index contributed by atoms with van der Waals surface area (Å²) in [7, 11) is 0. The molecule has 1 N–H and O–H groups in total. The monoisotopic (exact) mass is 370 g/mol. The fourth-order valence-corrected chi connectivity index (χ4v) is 3.95. The third kappa shape index (κ3) is 4.32. The molecule has 3 aromatic carbocycles. The molecule has 1 aliphatic heterocycles. The normalized spacial score (nSPS) is 14.3. The molecule has 0 bridgehead atoms. The van der Waals surface area contributed by atoms with Gasteiger partial charge in [0.05, 0.1) is 5.92 Å². The van der Waals surface area contributed by atoms with Gasteiger partial charge in [0.1, 0.15) is 0 Å². The van der Waals surface area contributed by atoms with E-state index >= 15 is 0 Å².